The summed E-state index contributed by atoms with van der Waals surface area (Å²) in [5, 5.41) is 6.95. The first kappa shape index (κ1) is 18.4. The third-order valence-electron chi connectivity index (χ3n) is 4.49. The minimum absolute atomic E-state index is 0.0570. The van der Waals surface area contributed by atoms with E-state index in [4.69, 9.17) is 5.73 Å². The molecule has 1 atom stereocenters. The van der Waals surface area contributed by atoms with Gasteiger partial charge in [-0.2, -0.15) is 5.10 Å². The molecule has 1 fully saturated rings. The second-order valence-electron chi connectivity index (χ2n) is 7.12. The van der Waals surface area contributed by atoms with Crippen LogP contribution in [0.1, 0.15) is 43.5 Å². The number of piperidine rings is 1. The van der Waals surface area contributed by atoms with E-state index in [1.54, 1.807) is 24.1 Å². The Bertz CT molecular complexity index is 561. The van der Waals surface area contributed by atoms with Crippen molar-refractivity contribution in [2.24, 2.45) is 24.6 Å². The van der Waals surface area contributed by atoms with E-state index in [9.17, 15) is 9.59 Å². The molecular formula is C17H29N5O2. The summed E-state index contributed by atoms with van der Waals surface area (Å²) >= 11 is 0. The number of hydrogen-bond acceptors (Lipinski definition) is 4. The van der Waals surface area contributed by atoms with Gasteiger partial charge in [0.05, 0.1) is 17.8 Å². The summed E-state index contributed by atoms with van der Waals surface area (Å²) in [6.07, 6.45) is 5.78. The Morgan fingerprint density at radius 1 is 1.38 bits per heavy atom. The molecule has 0 unspecified atom stereocenters. The van der Waals surface area contributed by atoms with Crippen LogP contribution in [0.5, 0.6) is 0 Å². The summed E-state index contributed by atoms with van der Waals surface area (Å²) in [6.45, 7) is 6.22. The Kier molecular flexibility index (Phi) is 6.36. The van der Waals surface area contributed by atoms with Crippen molar-refractivity contribution in [2.75, 3.05) is 19.6 Å². The van der Waals surface area contributed by atoms with Crippen molar-refractivity contribution in [3.63, 3.8) is 0 Å². The summed E-state index contributed by atoms with van der Waals surface area (Å²) in [4.78, 5) is 26.2. The molecule has 0 bridgehead atoms. The van der Waals surface area contributed by atoms with Gasteiger partial charge in [0.25, 0.3) is 5.91 Å². The normalized spacial score (nSPS) is 17.1. The van der Waals surface area contributed by atoms with Crippen molar-refractivity contribution in [3.8, 4) is 0 Å². The van der Waals surface area contributed by atoms with Gasteiger partial charge in [0.1, 0.15) is 0 Å². The molecule has 3 N–H and O–H groups in total. The average Bonchev–Trinajstić information content (AvgIpc) is 2.98. The maximum Gasteiger partial charge on any atom is 0.254 e. The van der Waals surface area contributed by atoms with Gasteiger partial charge in [-0.3, -0.25) is 14.3 Å². The number of nitrogens with one attached hydrogen (secondary N) is 1. The molecule has 7 nitrogen and oxygen atoms in total. The Morgan fingerprint density at radius 2 is 2.04 bits per heavy atom. The highest BCUT2D eigenvalue weighted by Gasteiger charge is 2.26. The number of rotatable bonds is 6. The lowest BCUT2D eigenvalue weighted by Crippen LogP contribution is -2.48. The van der Waals surface area contributed by atoms with Crippen LogP contribution < -0.4 is 11.1 Å². The molecule has 1 saturated heterocycles. The van der Waals surface area contributed by atoms with E-state index in [0.717, 1.165) is 32.4 Å². The molecule has 134 valence electrons. The summed E-state index contributed by atoms with van der Waals surface area (Å²) in [6, 6.07) is -0.396. The van der Waals surface area contributed by atoms with E-state index < -0.39 is 6.04 Å². The van der Waals surface area contributed by atoms with Gasteiger partial charge in [-0.15, -0.1) is 0 Å². The number of hydrogen-bond donors (Lipinski definition) is 2. The highest BCUT2D eigenvalue weighted by molar-refractivity contribution is 5.93. The molecule has 0 aromatic carbocycles. The topological polar surface area (TPSA) is 93.2 Å². The fraction of sp³-hybridized carbons (Fsp3) is 0.706. The molecule has 7 heteroatoms. The van der Waals surface area contributed by atoms with Gasteiger partial charge in [0.15, 0.2) is 0 Å². The number of likely N-dealkylation sites (tertiary alicyclic amines) is 1. The van der Waals surface area contributed by atoms with Crippen molar-refractivity contribution in [1.82, 2.24) is 20.0 Å². The van der Waals surface area contributed by atoms with Gasteiger partial charge in [0, 0.05) is 32.9 Å². The fourth-order valence-corrected chi connectivity index (χ4v) is 3.08. The lowest BCUT2D eigenvalue weighted by Gasteiger charge is -2.33. The van der Waals surface area contributed by atoms with Crippen LogP contribution in [0.25, 0.3) is 0 Å². The lowest BCUT2D eigenvalue weighted by atomic mass is 9.95. The largest absolute Gasteiger partial charge is 0.352 e. The second kappa shape index (κ2) is 8.28. The molecule has 0 saturated carbocycles. The van der Waals surface area contributed by atoms with E-state index in [1.165, 1.54) is 0 Å². The third-order valence-corrected chi connectivity index (χ3v) is 4.49. The van der Waals surface area contributed by atoms with Gasteiger partial charge in [0.2, 0.25) is 5.91 Å². The Morgan fingerprint density at radius 3 is 2.58 bits per heavy atom. The van der Waals surface area contributed by atoms with Crippen LogP contribution in [0, 0.1) is 11.8 Å². The minimum Gasteiger partial charge on any atom is -0.352 e. The molecule has 2 amide bonds. The standard InChI is InChI=1S/C17H29N5O2/c1-12(2)8-15(18)17(24)22-6-4-13(5-7-22)9-19-16(23)14-10-20-21(3)11-14/h10-13,15H,4-9,18H2,1-3H3,(H,19,23)/t15-/m0/s1. The molecule has 24 heavy (non-hydrogen) atoms. The van der Waals surface area contributed by atoms with E-state index in [1.807, 2.05) is 4.90 Å². The van der Waals surface area contributed by atoms with Crippen molar-refractivity contribution in [1.29, 1.82) is 0 Å². The molecule has 0 radical (unpaired) electrons. The number of aromatic nitrogens is 2. The molecule has 1 aromatic heterocycles. The Balaban J connectivity index is 1.72. The number of nitrogens with two attached hydrogens (primary N) is 1. The molecule has 0 spiro atoms. The first-order valence-corrected chi connectivity index (χ1v) is 8.68. The van der Waals surface area contributed by atoms with Crippen molar-refractivity contribution in [3.05, 3.63) is 18.0 Å². The minimum atomic E-state index is -0.396. The monoisotopic (exact) mass is 335 g/mol. The zero-order valence-corrected chi connectivity index (χ0v) is 14.9. The number of amides is 2. The number of aryl methyl sites for hydroxylation is 1. The zero-order chi connectivity index (χ0) is 17.7. The van der Waals surface area contributed by atoms with Gasteiger partial charge in [-0.05, 0) is 31.1 Å². The highest BCUT2D eigenvalue weighted by atomic mass is 16.2. The molecule has 2 heterocycles. The smallest absolute Gasteiger partial charge is 0.254 e. The predicted octanol–water partition coefficient (Wildman–Crippen LogP) is 0.762. The second-order valence-corrected chi connectivity index (χ2v) is 7.12. The lowest BCUT2D eigenvalue weighted by molar-refractivity contribution is -0.134. The molecule has 2 rings (SSSR count). The molecule has 1 aromatic rings. The SMILES string of the molecule is CC(C)C[C@H](N)C(=O)N1CCC(CNC(=O)c2cnn(C)c2)CC1. The van der Waals surface area contributed by atoms with Crippen molar-refractivity contribution in [2.45, 2.75) is 39.2 Å². The Labute approximate surface area is 143 Å². The average molecular weight is 335 g/mol. The van der Waals surface area contributed by atoms with Crippen LogP contribution in [-0.2, 0) is 11.8 Å². The van der Waals surface area contributed by atoms with Gasteiger partial charge in [-0.1, -0.05) is 13.8 Å². The summed E-state index contributed by atoms with van der Waals surface area (Å²) in [7, 11) is 1.79. The van der Waals surface area contributed by atoms with Gasteiger partial charge >= 0.3 is 0 Å². The summed E-state index contributed by atoms with van der Waals surface area (Å²) in [5.41, 5.74) is 6.57. The predicted molar refractivity (Wildman–Crippen MR) is 92.3 cm³/mol. The van der Waals surface area contributed by atoms with E-state index in [0.29, 0.717) is 23.9 Å². The van der Waals surface area contributed by atoms with Crippen molar-refractivity contribution >= 4 is 11.8 Å². The summed E-state index contributed by atoms with van der Waals surface area (Å²) in [5.74, 6) is 0.780. The summed E-state index contributed by atoms with van der Waals surface area (Å²) < 4.78 is 1.61. The first-order chi connectivity index (χ1) is 11.4. The molecule has 0 aliphatic carbocycles. The van der Waals surface area contributed by atoms with E-state index in [-0.39, 0.29) is 11.8 Å². The van der Waals surface area contributed by atoms with E-state index in [2.05, 4.69) is 24.3 Å². The Hall–Kier alpha value is -1.89. The number of carbonyl (C=O) groups is 2. The maximum absolute atomic E-state index is 12.3. The van der Waals surface area contributed by atoms with Crippen molar-refractivity contribution < 1.29 is 9.59 Å². The quantitative estimate of drug-likeness (QED) is 0.803. The zero-order valence-electron chi connectivity index (χ0n) is 14.9. The third kappa shape index (κ3) is 5.06. The number of carbonyl (C=O) groups excluding carboxylic acids is 2. The molecule has 1 aliphatic rings. The van der Waals surface area contributed by atoms with Crippen LogP contribution in [0.3, 0.4) is 0 Å². The maximum atomic E-state index is 12.3. The molecule has 1 aliphatic heterocycles. The van der Waals surface area contributed by atoms with Crippen LogP contribution in [0.15, 0.2) is 12.4 Å². The van der Waals surface area contributed by atoms with E-state index >= 15 is 0 Å². The first-order valence-electron chi connectivity index (χ1n) is 8.68. The molecular weight excluding hydrogens is 306 g/mol. The van der Waals surface area contributed by atoms with Crippen LogP contribution in [0.4, 0.5) is 0 Å². The fourth-order valence-electron chi connectivity index (χ4n) is 3.08. The van der Waals surface area contributed by atoms with Crippen LogP contribution in [0.2, 0.25) is 0 Å². The number of nitrogens with zero attached hydrogens (tertiary/aromatic N) is 3. The van der Waals surface area contributed by atoms with Gasteiger partial charge in [-0.25, -0.2) is 0 Å². The highest BCUT2D eigenvalue weighted by Crippen LogP contribution is 2.18. The van der Waals surface area contributed by atoms with Crippen LogP contribution in [-0.4, -0.2) is 52.2 Å². The van der Waals surface area contributed by atoms with Crippen LogP contribution >= 0.6 is 0 Å². The van der Waals surface area contributed by atoms with Gasteiger partial charge < -0.3 is 16.0 Å².